The third-order valence-electron chi connectivity index (χ3n) is 2.93. The van der Waals surface area contributed by atoms with Gasteiger partial charge in [0.1, 0.15) is 11.6 Å². The highest BCUT2D eigenvalue weighted by Gasteiger charge is 2.21. The van der Waals surface area contributed by atoms with Crippen molar-refractivity contribution in [1.82, 2.24) is 0 Å². The van der Waals surface area contributed by atoms with Crippen LogP contribution in [-0.4, -0.2) is 18.0 Å². The first-order valence-electron chi connectivity index (χ1n) is 6.60. The Kier molecular flexibility index (Phi) is 5.44. The Labute approximate surface area is 139 Å². The van der Waals surface area contributed by atoms with Gasteiger partial charge in [0.2, 0.25) is 0 Å². The fraction of sp³-hybridized carbons (Fsp3) is 0.125. The molecule has 0 radical (unpaired) electrons. The summed E-state index contributed by atoms with van der Waals surface area (Å²) in [6.07, 6.45) is -1.18. The van der Waals surface area contributed by atoms with Gasteiger partial charge in [-0.3, -0.25) is 4.79 Å². The molecule has 2 aromatic carbocycles. The monoisotopic (exact) mass is 383 g/mol. The van der Waals surface area contributed by atoms with E-state index in [0.29, 0.717) is 4.47 Å². The van der Waals surface area contributed by atoms with E-state index in [4.69, 9.17) is 4.74 Å². The van der Waals surface area contributed by atoms with Crippen molar-refractivity contribution in [3.05, 3.63) is 64.1 Å². The number of benzene rings is 2. The van der Waals surface area contributed by atoms with Crippen LogP contribution < -0.4 is 5.32 Å². The summed E-state index contributed by atoms with van der Waals surface area (Å²) < 4.78 is 32.0. The number of amides is 1. The van der Waals surface area contributed by atoms with Gasteiger partial charge in [0.25, 0.3) is 5.91 Å². The van der Waals surface area contributed by atoms with Gasteiger partial charge in [-0.1, -0.05) is 12.1 Å². The number of hydrogen-bond acceptors (Lipinski definition) is 3. The first-order valence-corrected chi connectivity index (χ1v) is 7.39. The molecule has 1 N–H and O–H groups in total. The highest BCUT2D eigenvalue weighted by Crippen LogP contribution is 2.20. The van der Waals surface area contributed by atoms with Gasteiger partial charge < -0.3 is 10.1 Å². The van der Waals surface area contributed by atoms with Crippen molar-refractivity contribution in [2.75, 3.05) is 5.32 Å². The number of nitrogens with one attached hydrogen (secondary N) is 1. The average Bonchev–Trinajstić information content (AvgIpc) is 2.51. The number of ether oxygens (including phenoxy) is 1. The van der Waals surface area contributed by atoms with E-state index in [2.05, 4.69) is 21.2 Å². The molecule has 1 amide bonds. The summed E-state index contributed by atoms with van der Waals surface area (Å²) in [4.78, 5) is 23.9. The molecule has 1 atom stereocenters. The van der Waals surface area contributed by atoms with Crippen LogP contribution in [0.3, 0.4) is 0 Å². The van der Waals surface area contributed by atoms with Crippen molar-refractivity contribution in [2.45, 2.75) is 13.0 Å². The van der Waals surface area contributed by atoms with Crippen LogP contribution in [0.25, 0.3) is 0 Å². The second-order valence-corrected chi connectivity index (χ2v) is 5.50. The first-order chi connectivity index (χ1) is 10.9. The zero-order valence-corrected chi connectivity index (χ0v) is 13.6. The van der Waals surface area contributed by atoms with Gasteiger partial charge in [0, 0.05) is 4.47 Å². The molecule has 4 nitrogen and oxygen atoms in total. The van der Waals surface area contributed by atoms with E-state index in [1.54, 1.807) is 6.07 Å². The molecule has 0 unspecified atom stereocenters. The lowest BCUT2D eigenvalue weighted by molar-refractivity contribution is -0.123. The summed E-state index contributed by atoms with van der Waals surface area (Å²) in [5.41, 5.74) is -0.0668. The molecule has 120 valence electrons. The Bertz CT molecular complexity index is 752. The minimum absolute atomic E-state index is 0.0210. The molecule has 0 aliphatic rings. The van der Waals surface area contributed by atoms with Crippen molar-refractivity contribution < 1.29 is 23.1 Å². The van der Waals surface area contributed by atoms with Gasteiger partial charge in [0.15, 0.2) is 6.10 Å². The van der Waals surface area contributed by atoms with Crippen LogP contribution in [0.5, 0.6) is 0 Å². The van der Waals surface area contributed by atoms with Gasteiger partial charge in [0.05, 0.1) is 11.3 Å². The van der Waals surface area contributed by atoms with Crippen LogP contribution in [0, 0.1) is 11.6 Å². The standard InChI is InChI=1S/C16H12BrF2NO3/c1-9(15(21)20-14-5-3-2-4-13(14)19)23-16(22)11-8-10(18)6-7-12(11)17/h2-9H,1H3,(H,20,21)/t9-/m1/s1. The lowest BCUT2D eigenvalue weighted by Crippen LogP contribution is -2.30. The average molecular weight is 384 g/mol. The van der Waals surface area contributed by atoms with Gasteiger partial charge in [-0.2, -0.15) is 0 Å². The van der Waals surface area contributed by atoms with Gasteiger partial charge in [-0.05, 0) is 53.2 Å². The third kappa shape index (κ3) is 4.35. The largest absolute Gasteiger partial charge is 0.449 e. The van der Waals surface area contributed by atoms with Crippen molar-refractivity contribution in [2.24, 2.45) is 0 Å². The van der Waals surface area contributed by atoms with Crippen LogP contribution in [0.4, 0.5) is 14.5 Å². The predicted molar refractivity (Wildman–Crippen MR) is 84.0 cm³/mol. The fourth-order valence-corrected chi connectivity index (χ4v) is 2.14. The second-order valence-electron chi connectivity index (χ2n) is 4.64. The molecular weight excluding hydrogens is 372 g/mol. The van der Waals surface area contributed by atoms with E-state index < -0.39 is 29.6 Å². The van der Waals surface area contributed by atoms with Crippen LogP contribution in [-0.2, 0) is 9.53 Å². The number of anilines is 1. The molecule has 0 aliphatic heterocycles. The zero-order chi connectivity index (χ0) is 17.0. The van der Waals surface area contributed by atoms with E-state index in [0.717, 1.165) is 6.07 Å². The van der Waals surface area contributed by atoms with Crippen LogP contribution in [0.1, 0.15) is 17.3 Å². The highest BCUT2D eigenvalue weighted by atomic mass is 79.9. The molecule has 0 aromatic heterocycles. The molecule has 0 saturated carbocycles. The van der Waals surface area contributed by atoms with Crippen molar-refractivity contribution in [3.8, 4) is 0 Å². The molecule has 0 fully saturated rings. The number of rotatable bonds is 4. The normalized spacial score (nSPS) is 11.7. The summed E-state index contributed by atoms with van der Waals surface area (Å²) in [5, 5.41) is 2.32. The first kappa shape index (κ1) is 17.1. The summed E-state index contributed by atoms with van der Waals surface area (Å²) in [6.45, 7) is 1.33. The molecule has 0 bridgehead atoms. The zero-order valence-electron chi connectivity index (χ0n) is 12.0. The van der Waals surface area contributed by atoms with Gasteiger partial charge in [-0.15, -0.1) is 0 Å². The fourth-order valence-electron chi connectivity index (χ4n) is 1.73. The Hall–Kier alpha value is -2.28. The van der Waals surface area contributed by atoms with E-state index >= 15 is 0 Å². The molecule has 0 aliphatic carbocycles. The molecular formula is C16H12BrF2NO3. The SMILES string of the molecule is C[C@@H](OC(=O)c1cc(F)ccc1Br)C(=O)Nc1ccccc1F. The topological polar surface area (TPSA) is 55.4 Å². The minimum Gasteiger partial charge on any atom is -0.449 e. The molecule has 0 saturated heterocycles. The van der Waals surface area contributed by atoms with E-state index in [1.807, 2.05) is 0 Å². The molecule has 0 heterocycles. The maximum atomic E-state index is 13.5. The Morgan fingerprint density at radius 2 is 1.87 bits per heavy atom. The minimum atomic E-state index is -1.18. The number of halogens is 3. The smallest absolute Gasteiger partial charge is 0.340 e. The molecule has 7 heteroatoms. The van der Waals surface area contributed by atoms with Crippen molar-refractivity contribution in [3.63, 3.8) is 0 Å². The summed E-state index contributed by atoms with van der Waals surface area (Å²) in [7, 11) is 0. The second kappa shape index (κ2) is 7.32. The summed E-state index contributed by atoms with van der Waals surface area (Å²) >= 11 is 3.10. The lowest BCUT2D eigenvalue weighted by atomic mass is 10.2. The van der Waals surface area contributed by atoms with Crippen LogP contribution in [0.15, 0.2) is 46.9 Å². The number of para-hydroxylation sites is 1. The molecule has 2 rings (SSSR count). The third-order valence-corrected chi connectivity index (χ3v) is 3.62. The maximum absolute atomic E-state index is 13.5. The highest BCUT2D eigenvalue weighted by molar-refractivity contribution is 9.10. The quantitative estimate of drug-likeness (QED) is 0.814. The lowest BCUT2D eigenvalue weighted by Gasteiger charge is -2.14. The van der Waals surface area contributed by atoms with Crippen molar-refractivity contribution >= 4 is 33.5 Å². The predicted octanol–water partition coefficient (Wildman–Crippen LogP) is 3.91. The maximum Gasteiger partial charge on any atom is 0.340 e. The number of carbonyl (C=O) groups is 2. The molecule has 2 aromatic rings. The molecule has 23 heavy (non-hydrogen) atoms. The summed E-state index contributed by atoms with van der Waals surface area (Å²) in [6, 6.07) is 9.13. The Balaban J connectivity index is 2.05. The number of carbonyl (C=O) groups excluding carboxylic acids is 2. The summed E-state index contributed by atoms with van der Waals surface area (Å²) in [5.74, 6) is -2.78. The van der Waals surface area contributed by atoms with Gasteiger partial charge >= 0.3 is 5.97 Å². The Morgan fingerprint density at radius 1 is 1.17 bits per heavy atom. The van der Waals surface area contributed by atoms with E-state index in [-0.39, 0.29) is 11.3 Å². The van der Waals surface area contributed by atoms with Gasteiger partial charge in [-0.25, -0.2) is 13.6 Å². The van der Waals surface area contributed by atoms with Crippen LogP contribution >= 0.6 is 15.9 Å². The molecule has 0 spiro atoms. The van der Waals surface area contributed by atoms with E-state index in [1.165, 1.54) is 37.3 Å². The van der Waals surface area contributed by atoms with Crippen molar-refractivity contribution in [1.29, 1.82) is 0 Å². The Morgan fingerprint density at radius 3 is 2.57 bits per heavy atom. The van der Waals surface area contributed by atoms with E-state index in [9.17, 15) is 18.4 Å². The number of esters is 1. The van der Waals surface area contributed by atoms with Crippen LogP contribution in [0.2, 0.25) is 0 Å². The number of hydrogen-bond donors (Lipinski definition) is 1.